The Hall–Kier alpha value is -2.37. The van der Waals surface area contributed by atoms with E-state index in [1.165, 1.54) is 5.56 Å². The average molecular weight is 288 g/mol. The maximum Gasteiger partial charge on any atom is 0.271 e. The highest BCUT2D eigenvalue weighted by molar-refractivity contribution is 5.91. The van der Waals surface area contributed by atoms with Crippen LogP contribution in [-0.2, 0) is 13.0 Å². The summed E-state index contributed by atoms with van der Waals surface area (Å²) in [6, 6.07) is 8.08. The number of aryl methyl sites for hydroxylation is 2. The fourth-order valence-corrected chi connectivity index (χ4v) is 2.03. The lowest BCUT2D eigenvalue weighted by Gasteiger charge is -2.07. The first-order valence-corrected chi connectivity index (χ1v) is 7.03. The van der Waals surface area contributed by atoms with Crippen LogP contribution in [0.15, 0.2) is 24.3 Å². The first-order valence-electron chi connectivity index (χ1n) is 7.03. The van der Waals surface area contributed by atoms with Crippen LogP contribution in [-0.4, -0.2) is 27.5 Å². The number of carbonyl (C=O) groups excluding carboxylic acids is 1. The van der Waals surface area contributed by atoms with Gasteiger partial charge < -0.3 is 10.5 Å². The molecule has 0 radical (unpaired) electrons. The van der Waals surface area contributed by atoms with Gasteiger partial charge in [-0.25, -0.2) is 4.68 Å². The summed E-state index contributed by atoms with van der Waals surface area (Å²) >= 11 is 0. The zero-order valence-electron chi connectivity index (χ0n) is 12.4. The van der Waals surface area contributed by atoms with Crippen molar-refractivity contribution in [1.29, 1.82) is 0 Å². The molecule has 0 atom stereocenters. The molecule has 6 heteroatoms. The Kier molecular flexibility index (Phi) is 4.92. The van der Waals surface area contributed by atoms with Gasteiger partial charge in [-0.15, -0.1) is 5.10 Å². The number of ether oxygens (including phenoxy) is 1. The summed E-state index contributed by atoms with van der Waals surface area (Å²) in [7, 11) is 0. The maximum atomic E-state index is 11.1. The van der Waals surface area contributed by atoms with Gasteiger partial charge in [0.1, 0.15) is 5.75 Å². The minimum Gasteiger partial charge on any atom is -0.494 e. The van der Waals surface area contributed by atoms with Crippen molar-refractivity contribution in [3.05, 3.63) is 41.2 Å². The van der Waals surface area contributed by atoms with Crippen molar-refractivity contribution < 1.29 is 9.53 Å². The Labute approximate surface area is 123 Å². The number of nitrogens with zero attached hydrogens (tertiary/aromatic N) is 3. The second-order valence-corrected chi connectivity index (χ2v) is 4.81. The third kappa shape index (κ3) is 3.81. The lowest BCUT2D eigenvalue weighted by Crippen LogP contribution is -2.14. The van der Waals surface area contributed by atoms with Gasteiger partial charge in [0.25, 0.3) is 5.91 Å². The number of amides is 1. The van der Waals surface area contributed by atoms with Crippen molar-refractivity contribution in [2.45, 2.75) is 33.2 Å². The zero-order chi connectivity index (χ0) is 15.2. The first kappa shape index (κ1) is 15.0. The van der Waals surface area contributed by atoms with E-state index in [4.69, 9.17) is 10.5 Å². The van der Waals surface area contributed by atoms with E-state index in [9.17, 15) is 4.79 Å². The van der Waals surface area contributed by atoms with Crippen LogP contribution < -0.4 is 10.5 Å². The van der Waals surface area contributed by atoms with Crippen LogP contribution >= 0.6 is 0 Å². The molecule has 2 rings (SSSR count). The second-order valence-electron chi connectivity index (χ2n) is 4.81. The van der Waals surface area contributed by atoms with Gasteiger partial charge in [-0.1, -0.05) is 24.3 Å². The minimum absolute atomic E-state index is 0.228. The molecule has 0 saturated carbocycles. The molecule has 1 heterocycles. The van der Waals surface area contributed by atoms with Gasteiger partial charge >= 0.3 is 0 Å². The molecule has 0 saturated heterocycles. The van der Waals surface area contributed by atoms with Crippen molar-refractivity contribution in [2.75, 3.05) is 6.61 Å². The van der Waals surface area contributed by atoms with Crippen molar-refractivity contribution in [3.8, 4) is 5.75 Å². The SMILES string of the molecule is CCc1ccc(OCCCn2nnc(C(N)=O)c2C)cc1. The number of benzene rings is 1. The van der Waals surface area contributed by atoms with E-state index in [0.29, 0.717) is 18.8 Å². The van der Waals surface area contributed by atoms with Crippen LogP contribution in [0.5, 0.6) is 5.75 Å². The van der Waals surface area contributed by atoms with E-state index >= 15 is 0 Å². The van der Waals surface area contributed by atoms with E-state index < -0.39 is 5.91 Å². The topological polar surface area (TPSA) is 83.0 Å². The van der Waals surface area contributed by atoms with Crippen LogP contribution in [0.25, 0.3) is 0 Å². The minimum atomic E-state index is -0.550. The van der Waals surface area contributed by atoms with Gasteiger partial charge in [0.05, 0.1) is 12.3 Å². The van der Waals surface area contributed by atoms with Gasteiger partial charge in [0, 0.05) is 13.0 Å². The number of aromatic nitrogens is 3. The Bertz CT molecular complexity index is 605. The third-order valence-electron chi connectivity index (χ3n) is 3.33. The van der Waals surface area contributed by atoms with Crippen molar-refractivity contribution in [1.82, 2.24) is 15.0 Å². The molecule has 0 unspecified atom stereocenters. The molecule has 1 amide bonds. The van der Waals surface area contributed by atoms with Gasteiger partial charge in [-0.2, -0.15) is 0 Å². The Morgan fingerprint density at radius 3 is 2.62 bits per heavy atom. The molecule has 0 fully saturated rings. The number of carbonyl (C=O) groups is 1. The number of nitrogens with two attached hydrogens (primary N) is 1. The molecule has 0 aliphatic heterocycles. The van der Waals surface area contributed by atoms with E-state index in [2.05, 4.69) is 29.4 Å². The summed E-state index contributed by atoms with van der Waals surface area (Å²) in [6.07, 6.45) is 1.80. The van der Waals surface area contributed by atoms with Crippen LogP contribution in [0.3, 0.4) is 0 Å². The maximum absolute atomic E-state index is 11.1. The van der Waals surface area contributed by atoms with Gasteiger partial charge in [-0.05, 0) is 31.0 Å². The molecule has 0 bridgehead atoms. The third-order valence-corrected chi connectivity index (χ3v) is 3.33. The molecular weight excluding hydrogens is 268 g/mol. The Morgan fingerprint density at radius 2 is 2.05 bits per heavy atom. The average Bonchev–Trinajstić information content (AvgIpc) is 2.85. The normalized spacial score (nSPS) is 10.6. The fraction of sp³-hybridized carbons (Fsp3) is 0.400. The molecule has 112 valence electrons. The number of rotatable bonds is 7. The zero-order valence-corrected chi connectivity index (χ0v) is 12.4. The summed E-state index contributed by atoms with van der Waals surface area (Å²) in [4.78, 5) is 11.1. The summed E-state index contributed by atoms with van der Waals surface area (Å²) in [6.45, 7) is 5.12. The Balaban J connectivity index is 1.80. The molecule has 1 aromatic carbocycles. The van der Waals surface area contributed by atoms with Gasteiger partial charge in [0.2, 0.25) is 0 Å². The molecule has 0 spiro atoms. The molecular formula is C15H20N4O2. The summed E-state index contributed by atoms with van der Waals surface area (Å²) in [5.41, 5.74) is 7.41. The number of hydrogen-bond donors (Lipinski definition) is 1. The van der Waals surface area contributed by atoms with Gasteiger partial charge in [0.15, 0.2) is 5.69 Å². The van der Waals surface area contributed by atoms with E-state index in [0.717, 1.165) is 18.6 Å². The lowest BCUT2D eigenvalue weighted by molar-refractivity contribution is 0.0995. The molecule has 2 N–H and O–H groups in total. The van der Waals surface area contributed by atoms with E-state index in [1.54, 1.807) is 11.6 Å². The summed E-state index contributed by atoms with van der Waals surface area (Å²) in [5, 5.41) is 7.68. The van der Waals surface area contributed by atoms with Crippen LogP contribution in [0.1, 0.15) is 35.1 Å². The predicted molar refractivity (Wildman–Crippen MR) is 79.2 cm³/mol. The Morgan fingerprint density at radius 1 is 1.33 bits per heavy atom. The lowest BCUT2D eigenvalue weighted by atomic mass is 10.2. The molecule has 21 heavy (non-hydrogen) atoms. The van der Waals surface area contributed by atoms with Crippen LogP contribution in [0.2, 0.25) is 0 Å². The molecule has 0 aliphatic rings. The number of hydrogen-bond acceptors (Lipinski definition) is 4. The van der Waals surface area contributed by atoms with Crippen LogP contribution in [0.4, 0.5) is 0 Å². The predicted octanol–water partition coefficient (Wildman–Crippen LogP) is 1.72. The highest BCUT2D eigenvalue weighted by Crippen LogP contribution is 2.13. The van der Waals surface area contributed by atoms with Crippen molar-refractivity contribution in [2.24, 2.45) is 5.73 Å². The van der Waals surface area contributed by atoms with Crippen molar-refractivity contribution >= 4 is 5.91 Å². The van der Waals surface area contributed by atoms with E-state index in [-0.39, 0.29) is 5.69 Å². The quantitative estimate of drug-likeness (QED) is 0.786. The summed E-state index contributed by atoms with van der Waals surface area (Å²) in [5.74, 6) is 0.311. The molecule has 0 aliphatic carbocycles. The smallest absolute Gasteiger partial charge is 0.271 e. The first-order chi connectivity index (χ1) is 10.1. The summed E-state index contributed by atoms with van der Waals surface area (Å²) < 4.78 is 7.34. The van der Waals surface area contributed by atoms with Gasteiger partial charge in [-0.3, -0.25) is 4.79 Å². The highest BCUT2D eigenvalue weighted by atomic mass is 16.5. The fourth-order valence-electron chi connectivity index (χ4n) is 2.03. The molecule has 6 nitrogen and oxygen atoms in total. The molecule has 2 aromatic rings. The van der Waals surface area contributed by atoms with Crippen molar-refractivity contribution in [3.63, 3.8) is 0 Å². The van der Waals surface area contributed by atoms with E-state index in [1.807, 2.05) is 12.1 Å². The standard InChI is InChI=1S/C15H20N4O2/c1-3-12-5-7-13(8-6-12)21-10-4-9-19-11(2)14(15(16)20)17-18-19/h5-8H,3-4,9-10H2,1-2H3,(H2,16,20). The monoisotopic (exact) mass is 288 g/mol. The number of primary amides is 1. The second kappa shape index (κ2) is 6.88. The molecule has 1 aromatic heterocycles. The highest BCUT2D eigenvalue weighted by Gasteiger charge is 2.12. The van der Waals surface area contributed by atoms with Crippen LogP contribution in [0, 0.1) is 6.92 Å². The largest absolute Gasteiger partial charge is 0.494 e.